The number of nitrogens with zero attached hydrogens (tertiary/aromatic N) is 4. The molecule has 30 heavy (non-hydrogen) atoms. The van der Waals surface area contributed by atoms with Crippen molar-refractivity contribution in [2.75, 3.05) is 12.3 Å². The Labute approximate surface area is 180 Å². The Kier molecular flexibility index (Phi) is 6.47. The van der Waals surface area contributed by atoms with Crippen molar-refractivity contribution in [1.82, 2.24) is 19.7 Å². The van der Waals surface area contributed by atoms with E-state index in [-0.39, 0.29) is 17.8 Å². The van der Waals surface area contributed by atoms with Gasteiger partial charge in [-0.3, -0.25) is 9.36 Å². The summed E-state index contributed by atoms with van der Waals surface area (Å²) < 4.78 is 16.3. The molecule has 2 heterocycles. The molecule has 1 fully saturated rings. The first kappa shape index (κ1) is 20.6. The maximum Gasteiger partial charge on any atom is 0.233 e. The number of hydrogen-bond donors (Lipinski definition) is 0. The summed E-state index contributed by atoms with van der Waals surface area (Å²) in [7, 11) is 0. The molecule has 1 aliphatic rings. The number of thioether (sulfide) groups is 1. The number of carbonyl (C=O) groups excluding carboxylic acids is 1. The molecule has 0 spiro atoms. The van der Waals surface area contributed by atoms with Crippen LogP contribution in [-0.4, -0.2) is 43.9 Å². The van der Waals surface area contributed by atoms with Crippen LogP contribution in [0.4, 0.5) is 4.39 Å². The number of benzene rings is 2. The first-order valence-electron chi connectivity index (χ1n) is 10.3. The van der Waals surface area contributed by atoms with Gasteiger partial charge in [-0.2, -0.15) is 0 Å². The first-order valence-corrected chi connectivity index (χ1v) is 11.3. The smallest absolute Gasteiger partial charge is 0.233 e. The van der Waals surface area contributed by atoms with Crippen LogP contribution in [0.3, 0.4) is 0 Å². The summed E-state index contributed by atoms with van der Waals surface area (Å²) in [4.78, 5) is 14.7. The molecule has 0 aliphatic carbocycles. The van der Waals surface area contributed by atoms with Crippen LogP contribution in [0.5, 0.6) is 0 Å². The van der Waals surface area contributed by atoms with Crippen molar-refractivity contribution in [2.24, 2.45) is 0 Å². The number of carbonyl (C=O) groups is 1. The Morgan fingerprint density at radius 2 is 1.87 bits per heavy atom. The largest absolute Gasteiger partial charge is 0.339 e. The van der Waals surface area contributed by atoms with E-state index in [9.17, 15) is 9.18 Å². The quantitative estimate of drug-likeness (QED) is 0.542. The molecule has 7 heteroatoms. The fraction of sp³-hybridized carbons (Fsp3) is 0.348. The van der Waals surface area contributed by atoms with Crippen LogP contribution in [0.25, 0.3) is 11.4 Å². The normalized spacial score (nSPS) is 16.6. The van der Waals surface area contributed by atoms with Crippen molar-refractivity contribution >= 4 is 17.7 Å². The van der Waals surface area contributed by atoms with Gasteiger partial charge in [-0.25, -0.2) is 4.39 Å². The topological polar surface area (TPSA) is 51.0 Å². The van der Waals surface area contributed by atoms with Crippen molar-refractivity contribution in [2.45, 2.75) is 43.9 Å². The molecule has 1 amide bonds. The zero-order chi connectivity index (χ0) is 20.9. The minimum Gasteiger partial charge on any atom is -0.339 e. The summed E-state index contributed by atoms with van der Waals surface area (Å²) in [6.07, 6.45) is 3.29. The molecule has 2 aromatic carbocycles. The highest BCUT2D eigenvalue weighted by molar-refractivity contribution is 7.99. The Morgan fingerprint density at radius 3 is 2.63 bits per heavy atom. The number of amides is 1. The van der Waals surface area contributed by atoms with Crippen LogP contribution < -0.4 is 0 Å². The highest BCUT2D eigenvalue weighted by Crippen LogP contribution is 2.28. The highest BCUT2D eigenvalue weighted by atomic mass is 32.2. The van der Waals surface area contributed by atoms with E-state index in [2.05, 4.69) is 17.1 Å². The molecule has 3 aromatic rings. The average Bonchev–Trinajstić information content (AvgIpc) is 3.15. The molecule has 156 valence electrons. The Bertz CT molecular complexity index is 1010. The van der Waals surface area contributed by atoms with E-state index in [4.69, 9.17) is 0 Å². The van der Waals surface area contributed by atoms with Gasteiger partial charge in [0.1, 0.15) is 5.82 Å². The summed E-state index contributed by atoms with van der Waals surface area (Å²) in [6.45, 7) is 3.43. The fourth-order valence-corrected chi connectivity index (χ4v) is 4.65. The van der Waals surface area contributed by atoms with Gasteiger partial charge in [0.05, 0.1) is 17.9 Å². The summed E-state index contributed by atoms with van der Waals surface area (Å²) in [5.74, 6) is 0.551. The molecule has 5 nitrogen and oxygen atoms in total. The van der Waals surface area contributed by atoms with Crippen molar-refractivity contribution in [3.8, 4) is 11.4 Å². The van der Waals surface area contributed by atoms with Crippen LogP contribution in [0.15, 0.2) is 59.8 Å². The predicted molar refractivity (Wildman–Crippen MR) is 117 cm³/mol. The Morgan fingerprint density at radius 1 is 1.10 bits per heavy atom. The maximum absolute atomic E-state index is 14.5. The lowest BCUT2D eigenvalue weighted by molar-refractivity contribution is -0.131. The number of aromatic nitrogens is 3. The standard InChI is InChI=1S/C23H25FN4OS/c1-17-9-7-8-14-27(17)21(29)16-30-23-26-25-22(19-12-5-6-13-20(19)24)28(23)15-18-10-3-2-4-11-18/h2-6,10-13,17H,7-9,14-16H2,1H3/t17-/m1/s1. The second-order valence-corrected chi connectivity index (χ2v) is 8.52. The van der Waals surface area contributed by atoms with E-state index in [1.54, 1.807) is 18.2 Å². The van der Waals surface area contributed by atoms with Gasteiger partial charge in [0.2, 0.25) is 5.91 Å². The van der Waals surface area contributed by atoms with E-state index in [0.717, 1.165) is 24.9 Å². The Hall–Kier alpha value is -2.67. The van der Waals surface area contributed by atoms with E-state index in [1.807, 2.05) is 39.8 Å². The summed E-state index contributed by atoms with van der Waals surface area (Å²) in [5.41, 5.74) is 1.47. The third-order valence-corrected chi connectivity index (χ3v) is 6.41. The van der Waals surface area contributed by atoms with Gasteiger partial charge in [-0.1, -0.05) is 54.2 Å². The van der Waals surface area contributed by atoms with Crippen LogP contribution >= 0.6 is 11.8 Å². The van der Waals surface area contributed by atoms with Crippen LogP contribution in [-0.2, 0) is 11.3 Å². The number of hydrogen-bond acceptors (Lipinski definition) is 4. The van der Waals surface area contributed by atoms with Crippen LogP contribution in [0, 0.1) is 5.82 Å². The summed E-state index contributed by atoms with van der Waals surface area (Å²) in [5, 5.41) is 9.20. The maximum atomic E-state index is 14.5. The fourth-order valence-electron chi connectivity index (χ4n) is 3.82. The number of likely N-dealkylation sites (tertiary alicyclic amines) is 1. The predicted octanol–water partition coefficient (Wildman–Crippen LogP) is 4.63. The van der Waals surface area contributed by atoms with Gasteiger partial charge in [-0.15, -0.1) is 10.2 Å². The second kappa shape index (κ2) is 9.43. The lowest BCUT2D eigenvalue weighted by Gasteiger charge is -2.33. The van der Waals surface area contributed by atoms with Crippen molar-refractivity contribution in [1.29, 1.82) is 0 Å². The van der Waals surface area contributed by atoms with Gasteiger partial charge in [0.25, 0.3) is 0 Å². The molecular weight excluding hydrogens is 399 g/mol. The van der Waals surface area contributed by atoms with E-state index >= 15 is 0 Å². The Balaban J connectivity index is 1.59. The lowest BCUT2D eigenvalue weighted by Crippen LogP contribution is -2.43. The number of piperidine rings is 1. The molecule has 4 rings (SSSR count). The van der Waals surface area contributed by atoms with Crippen molar-refractivity contribution in [3.63, 3.8) is 0 Å². The summed E-state index contributed by atoms with van der Waals surface area (Å²) in [6, 6.07) is 16.8. The molecule has 1 aliphatic heterocycles. The van der Waals surface area contributed by atoms with Gasteiger partial charge < -0.3 is 4.90 Å². The molecular formula is C23H25FN4OS. The minimum absolute atomic E-state index is 0.119. The second-order valence-electron chi connectivity index (χ2n) is 7.58. The van der Waals surface area contributed by atoms with E-state index in [1.165, 1.54) is 24.2 Å². The molecule has 0 saturated carbocycles. The third-order valence-electron chi connectivity index (χ3n) is 5.46. The lowest BCUT2D eigenvalue weighted by atomic mass is 10.0. The van der Waals surface area contributed by atoms with Crippen LogP contribution in [0.2, 0.25) is 0 Å². The van der Waals surface area contributed by atoms with E-state index in [0.29, 0.717) is 28.8 Å². The number of rotatable bonds is 6. The number of halogens is 1. The van der Waals surface area contributed by atoms with Gasteiger partial charge in [-0.05, 0) is 43.9 Å². The molecule has 1 saturated heterocycles. The molecule has 0 unspecified atom stereocenters. The van der Waals surface area contributed by atoms with Crippen molar-refractivity contribution < 1.29 is 9.18 Å². The van der Waals surface area contributed by atoms with Gasteiger partial charge in [0.15, 0.2) is 11.0 Å². The van der Waals surface area contributed by atoms with Gasteiger partial charge >= 0.3 is 0 Å². The highest BCUT2D eigenvalue weighted by Gasteiger charge is 2.24. The van der Waals surface area contributed by atoms with Gasteiger partial charge in [0, 0.05) is 12.6 Å². The first-order chi connectivity index (χ1) is 14.6. The summed E-state index contributed by atoms with van der Waals surface area (Å²) >= 11 is 1.37. The zero-order valence-electron chi connectivity index (χ0n) is 17.0. The molecule has 0 radical (unpaired) electrons. The molecule has 1 atom stereocenters. The molecule has 0 N–H and O–H groups in total. The zero-order valence-corrected chi connectivity index (χ0v) is 17.8. The van der Waals surface area contributed by atoms with E-state index < -0.39 is 0 Å². The SMILES string of the molecule is C[C@@H]1CCCCN1C(=O)CSc1nnc(-c2ccccc2F)n1Cc1ccccc1. The molecule has 0 bridgehead atoms. The third kappa shape index (κ3) is 4.56. The van der Waals surface area contributed by atoms with Crippen LogP contribution in [0.1, 0.15) is 31.7 Å². The minimum atomic E-state index is -0.339. The monoisotopic (exact) mass is 424 g/mol. The average molecular weight is 425 g/mol. The van der Waals surface area contributed by atoms with Crippen molar-refractivity contribution in [3.05, 3.63) is 66.0 Å². The molecule has 1 aromatic heterocycles.